The summed E-state index contributed by atoms with van der Waals surface area (Å²) in [5, 5.41) is 8.05. The Morgan fingerprint density at radius 1 is 1.27 bits per heavy atom. The molecule has 134 valence electrons. The second-order valence-corrected chi connectivity index (χ2v) is 6.62. The van der Waals surface area contributed by atoms with Crippen LogP contribution in [0.5, 0.6) is 0 Å². The Balaban J connectivity index is 1.80. The summed E-state index contributed by atoms with van der Waals surface area (Å²) in [6, 6.07) is 11.4. The number of likely N-dealkylation sites (N-methyl/N-ethyl adjacent to an activating group) is 1. The fraction of sp³-hybridized carbons (Fsp3) is 0.316. The van der Waals surface area contributed by atoms with Gasteiger partial charge in [-0.1, -0.05) is 30.3 Å². The van der Waals surface area contributed by atoms with Crippen LogP contribution in [-0.2, 0) is 17.9 Å². The number of hydrogen-bond acceptors (Lipinski definition) is 4. The highest BCUT2D eigenvalue weighted by molar-refractivity contribution is 5.84. The first-order valence-electron chi connectivity index (χ1n) is 8.72. The lowest BCUT2D eigenvalue weighted by Gasteiger charge is -2.23. The number of amides is 1. The fourth-order valence-corrected chi connectivity index (χ4v) is 3.32. The number of carbonyl (C=O) groups excluding carboxylic acids is 1. The third-order valence-electron chi connectivity index (χ3n) is 4.64. The van der Waals surface area contributed by atoms with E-state index in [1.807, 2.05) is 51.8 Å². The minimum atomic E-state index is -0.472. The van der Waals surface area contributed by atoms with Gasteiger partial charge in [0.2, 0.25) is 5.91 Å². The number of imidazole rings is 1. The SMILES string of the molecule is CN(C)C(=O)[C@H](c1ccccc1)n1ccnc1-c1cc2n(n1)CCNC2. The maximum absolute atomic E-state index is 13.0. The number of rotatable bonds is 4. The van der Waals surface area contributed by atoms with Crippen molar-refractivity contribution in [1.82, 2.24) is 29.5 Å². The second kappa shape index (κ2) is 6.76. The van der Waals surface area contributed by atoms with Crippen LogP contribution >= 0.6 is 0 Å². The largest absolute Gasteiger partial charge is 0.347 e. The Morgan fingerprint density at radius 2 is 2.08 bits per heavy atom. The zero-order valence-electron chi connectivity index (χ0n) is 15.0. The Morgan fingerprint density at radius 3 is 2.81 bits per heavy atom. The molecule has 3 aromatic rings. The molecule has 1 atom stereocenters. The molecule has 2 aromatic heterocycles. The van der Waals surface area contributed by atoms with E-state index in [1.165, 1.54) is 0 Å². The Labute approximate surface area is 152 Å². The lowest BCUT2D eigenvalue weighted by atomic mass is 10.1. The zero-order chi connectivity index (χ0) is 18.1. The molecular formula is C19H22N6O. The van der Waals surface area contributed by atoms with E-state index in [1.54, 1.807) is 25.2 Å². The van der Waals surface area contributed by atoms with E-state index in [0.717, 1.165) is 36.6 Å². The molecule has 1 amide bonds. The van der Waals surface area contributed by atoms with Crippen LogP contribution in [0.3, 0.4) is 0 Å². The van der Waals surface area contributed by atoms with E-state index >= 15 is 0 Å². The van der Waals surface area contributed by atoms with E-state index in [-0.39, 0.29) is 5.91 Å². The van der Waals surface area contributed by atoms with Gasteiger partial charge in [0.25, 0.3) is 0 Å². The van der Waals surface area contributed by atoms with E-state index in [2.05, 4.69) is 10.3 Å². The van der Waals surface area contributed by atoms with Crippen LogP contribution in [0.2, 0.25) is 0 Å². The third-order valence-corrected chi connectivity index (χ3v) is 4.64. The molecule has 26 heavy (non-hydrogen) atoms. The molecule has 1 aromatic carbocycles. The topological polar surface area (TPSA) is 68.0 Å². The van der Waals surface area contributed by atoms with Gasteiger partial charge in [-0.15, -0.1) is 0 Å². The van der Waals surface area contributed by atoms with Crippen LogP contribution in [-0.4, -0.2) is 50.8 Å². The van der Waals surface area contributed by atoms with Gasteiger partial charge in [-0.3, -0.25) is 9.48 Å². The number of fused-ring (bicyclic) bond motifs is 1. The van der Waals surface area contributed by atoms with Crippen molar-refractivity contribution >= 4 is 5.91 Å². The summed E-state index contributed by atoms with van der Waals surface area (Å²) in [5.74, 6) is 0.706. The van der Waals surface area contributed by atoms with Crippen LogP contribution in [0.1, 0.15) is 17.3 Å². The molecule has 4 rings (SSSR count). The van der Waals surface area contributed by atoms with Gasteiger partial charge in [-0.25, -0.2) is 4.98 Å². The van der Waals surface area contributed by atoms with Crippen LogP contribution < -0.4 is 5.32 Å². The maximum Gasteiger partial charge on any atom is 0.249 e. The van der Waals surface area contributed by atoms with Crippen molar-refractivity contribution in [3.05, 3.63) is 60.0 Å². The van der Waals surface area contributed by atoms with Gasteiger partial charge in [0.1, 0.15) is 11.7 Å². The summed E-state index contributed by atoms with van der Waals surface area (Å²) in [5.41, 5.74) is 2.85. The molecule has 0 saturated carbocycles. The summed E-state index contributed by atoms with van der Waals surface area (Å²) in [6.07, 6.45) is 3.58. The summed E-state index contributed by atoms with van der Waals surface area (Å²) in [7, 11) is 3.55. The van der Waals surface area contributed by atoms with Gasteiger partial charge in [0.15, 0.2) is 5.82 Å². The monoisotopic (exact) mass is 350 g/mol. The number of nitrogens with one attached hydrogen (secondary N) is 1. The van der Waals surface area contributed by atoms with Crippen molar-refractivity contribution in [3.8, 4) is 11.5 Å². The first kappa shape index (κ1) is 16.5. The van der Waals surface area contributed by atoms with Gasteiger partial charge in [-0.2, -0.15) is 5.10 Å². The van der Waals surface area contributed by atoms with Crippen molar-refractivity contribution < 1.29 is 4.79 Å². The molecule has 1 aliphatic heterocycles. The average molecular weight is 350 g/mol. The van der Waals surface area contributed by atoms with Crippen molar-refractivity contribution in [3.63, 3.8) is 0 Å². The Bertz CT molecular complexity index is 888. The predicted octanol–water partition coefficient (Wildman–Crippen LogP) is 1.53. The van der Waals surface area contributed by atoms with Crippen LogP contribution in [0.4, 0.5) is 0 Å². The Hall–Kier alpha value is -2.93. The van der Waals surface area contributed by atoms with Crippen molar-refractivity contribution in [2.45, 2.75) is 19.1 Å². The van der Waals surface area contributed by atoms with Gasteiger partial charge >= 0.3 is 0 Å². The minimum Gasteiger partial charge on any atom is -0.347 e. The van der Waals surface area contributed by atoms with E-state index in [4.69, 9.17) is 5.10 Å². The normalized spacial score (nSPS) is 14.7. The molecule has 7 nitrogen and oxygen atoms in total. The first-order valence-corrected chi connectivity index (χ1v) is 8.72. The van der Waals surface area contributed by atoms with Gasteiger partial charge in [0.05, 0.1) is 12.2 Å². The number of nitrogens with zero attached hydrogens (tertiary/aromatic N) is 5. The van der Waals surface area contributed by atoms with Crippen molar-refractivity contribution in [1.29, 1.82) is 0 Å². The van der Waals surface area contributed by atoms with E-state index in [9.17, 15) is 4.79 Å². The van der Waals surface area contributed by atoms with Gasteiger partial charge < -0.3 is 14.8 Å². The molecule has 0 spiro atoms. The van der Waals surface area contributed by atoms with E-state index in [0.29, 0.717) is 5.82 Å². The minimum absolute atomic E-state index is 0.00101. The number of carbonyl (C=O) groups is 1. The summed E-state index contributed by atoms with van der Waals surface area (Å²) >= 11 is 0. The number of hydrogen-bond donors (Lipinski definition) is 1. The number of aromatic nitrogens is 4. The van der Waals surface area contributed by atoms with Gasteiger partial charge in [-0.05, 0) is 11.6 Å². The zero-order valence-corrected chi connectivity index (χ0v) is 15.0. The van der Waals surface area contributed by atoms with Crippen LogP contribution in [0, 0.1) is 0 Å². The first-order chi connectivity index (χ1) is 12.6. The quantitative estimate of drug-likeness (QED) is 0.775. The third kappa shape index (κ3) is 2.90. The molecular weight excluding hydrogens is 328 g/mol. The summed E-state index contributed by atoms with van der Waals surface area (Å²) in [6.45, 7) is 2.55. The molecule has 0 bridgehead atoms. The lowest BCUT2D eigenvalue weighted by Crippen LogP contribution is -2.32. The maximum atomic E-state index is 13.0. The van der Waals surface area contributed by atoms with Crippen molar-refractivity contribution in [2.75, 3.05) is 20.6 Å². The molecule has 0 saturated heterocycles. The molecule has 0 aliphatic carbocycles. The summed E-state index contributed by atoms with van der Waals surface area (Å²) < 4.78 is 3.93. The highest BCUT2D eigenvalue weighted by Gasteiger charge is 2.27. The molecule has 1 N–H and O–H groups in total. The van der Waals surface area contributed by atoms with E-state index < -0.39 is 6.04 Å². The fourth-order valence-electron chi connectivity index (χ4n) is 3.32. The Kier molecular flexibility index (Phi) is 4.30. The predicted molar refractivity (Wildman–Crippen MR) is 98.4 cm³/mol. The average Bonchev–Trinajstić information content (AvgIpc) is 3.29. The molecule has 0 fully saturated rings. The van der Waals surface area contributed by atoms with Crippen molar-refractivity contribution in [2.24, 2.45) is 0 Å². The van der Waals surface area contributed by atoms with Gasteiger partial charge in [0, 0.05) is 39.6 Å². The lowest BCUT2D eigenvalue weighted by molar-refractivity contribution is -0.130. The molecule has 1 aliphatic rings. The highest BCUT2D eigenvalue weighted by atomic mass is 16.2. The summed E-state index contributed by atoms with van der Waals surface area (Å²) in [4.78, 5) is 19.1. The standard InChI is InChI=1S/C19H22N6O/c1-23(2)19(26)17(14-6-4-3-5-7-14)24-10-9-21-18(24)16-12-15-13-20-8-11-25(15)22-16/h3-7,9-10,12,17,20H,8,11,13H2,1-2H3/t17-/m0/s1. The molecule has 7 heteroatoms. The highest BCUT2D eigenvalue weighted by Crippen LogP contribution is 2.27. The smallest absolute Gasteiger partial charge is 0.249 e. The molecule has 0 unspecified atom stereocenters. The number of benzene rings is 1. The molecule has 0 radical (unpaired) electrons. The molecule has 3 heterocycles. The second-order valence-electron chi connectivity index (χ2n) is 6.62. The van der Waals surface area contributed by atoms with Crippen LogP contribution in [0.15, 0.2) is 48.8 Å². The van der Waals surface area contributed by atoms with Crippen LogP contribution in [0.25, 0.3) is 11.5 Å².